The largest absolute Gasteiger partial charge is 0.318 e. The lowest BCUT2D eigenvalue weighted by molar-refractivity contribution is -0.132. The number of anilines is 3. The minimum absolute atomic E-state index is 0.106. The van der Waals surface area contributed by atoms with Crippen LogP contribution in [0.2, 0.25) is 0 Å². The fraction of sp³-hybridized carbons (Fsp3) is 0.167. The molecule has 1 saturated heterocycles. The van der Waals surface area contributed by atoms with Gasteiger partial charge < -0.3 is 15.5 Å². The highest BCUT2D eigenvalue weighted by atomic mass is 16.2. The summed E-state index contributed by atoms with van der Waals surface area (Å²) in [7, 11) is 0. The zero-order chi connectivity index (χ0) is 16.9. The van der Waals surface area contributed by atoms with Crippen molar-refractivity contribution < 1.29 is 14.4 Å². The predicted molar refractivity (Wildman–Crippen MR) is 91.7 cm³/mol. The number of nitrogens with zero attached hydrogens (tertiary/aromatic N) is 1. The molecule has 1 heterocycles. The maximum absolute atomic E-state index is 11.9. The molecule has 0 atom stereocenters. The predicted octanol–water partition coefficient (Wildman–Crippen LogP) is 2.39. The van der Waals surface area contributed by atoms with Crippen LogP contribution in [0.15, 0.2) is 54.6 Å². The molecule has 1 aliphatic heterocycles. The van der Waals surface area contributed by atoms with Crippen LogP contribution >= 0.6 is 0 Å². The van der Waals surface area contributed by atoms with Gasteiger partial charge >= 0.3 is 11.8 Å². The summed E-state index contributed by atoms with van der Waals surface area (Å²) in [4.78, 5) is 37.2. The molecule has 0 unspecified atom stereocenters. The number of benzene rings is 2. The van der Waals surface area contributed by atoms with Gasteiger partial charge in [-0.05, 0) is 42.8 Å². The van der Waals surface area contributed by atoms with Gasteiger partial charge in [0.2, 0.25) is 5.91 Å². The van der Waals surface area contributed by atoms with E-state index in [9.17, 15) is 14.4 Å². The molecule has 0 aliphatic carbocycles. The Labute approximate surface area is 139 Å². The molecule has 2 aromatic rings. The van der Waals surface area contributed by atoms with Gasteiger partial charge in [-0.15, -0.1) is 0 Å². The molecule has 0 bridgehead atoms. The van der Waals surface area contributed by atoms with Gasteiger partial charge in [-0.3, -0.25) is 14.4 Å². The minimum atomic E-state index is -0.746. The van der Waals surface area contributed by atoms with Crippen molar-refractivity contribution in [3.63, 3.8) is 0 Å². The van der Waals surface area contributed by atoms with Crippen LogP contribution < -0.4 is 15.5 Å². The Morgan fingerprint density at radius 1 is 0.833 bits per heavy atom. The first-order valence-corrected chi connectivity index (χ1v) is 7.71. The Kier molecular flexibility index (Phi) is 4.56. The maximum atomic E-state index is 11.9. The molecule has 1 fully saturated rings. The van der Waals surface area contributed by atoms with Crippen molar-refractivity contribution in [3.8, 4) is 0 Å². The van der Waals surface area contributed by atoms with Crippen LogP contribution in [0.3, 0.4) is 0 Å². The number of hydrogen-bond donors (Lipinski definition) is 2. The van der Waals surface area contributed by atoms with E-state index in [1.54, 1.807) is 53.4 Å². The van der Waals surface area contributed by atoms with Crippen LogP contribution in [-0.4, -0.2) is 24.3 Å². The van der Waals surface area contributed by atoms with Crippen molar-refractivity contribution in [2.75, 3.05) is 22.1 Å². The van der Waals surface area contributed by atoms with Crippen molar-refractivity contribution >= 4 is 34.8 Å². The van der Waals surface area contributed by atoms with Crippen molar-refractivity contribution in [2.45, 2.75) is 12.8 Å². The van der Waals surface area contributed by atoms with Crippen molar-refractivity contribution in [3.05, 3.63) is 54.6 Å². The molecule has 24 heavy (non-hydrogen) atoms. The molecule has 6 nitrogen and oxygen atoms in total. The monoisotopic (exact) mass is 323 g/mol. The number of rotatable bonds is 3. The number of nitrogens with one attached hydrogen (secondary N) is 2. The van der Waals surface area contributed by atoms with Crippen LogP contribution in [0.5, 0.6) is 0 Å². The normalized spacial score (nSPS) is 13.7. The van der Waals surface area contributed by atoms with Crippen LogP contribution in [0, 0.1) is 0 Å². The van der Waals surface area contributed by atoms with E-state index in [0.717, 1.165) is 12.1 Å². The fourth-order valence-electron chi connectivity index (χ4n) is 2.54. The summed E-state index contributed by atoms with van der Waals surface area (Å²) in [5.74, 6) is -1.38. The number of para-hydroxylation sites is 1. The molecule has 0 radical (unpaired) electrons. The quantitative estimate of drug-likeness (QED) is 0.851. The van der Waals surface area contributed by atoms with E-state index in [4.69, 9.17) is 0 Å². The summed E-state index contributed by atoms with van der Waals surface area (Å²) in [6.45, 7) is 0.712. The van der Waals surface area contributed by atoms with E-state index in [2.05, 4.69) is 10.6 Å². The van der Waals surface area contributed by atoms with Gasteiger partial charge in [0, 0.05) is 30.0 Å². The first-order valence-electron chi connectivity index (χ1n) is 7.71. The van der Waals surface area contributed by atoms with Crippen LogP contribution in [0.4, 0.5) is 17.1 Å². The second-order valence-electron chi connectivity index (χ2n) is 5.47. The molecule has 3 amide bonds. The standard InChI is InChI=1S/C18H17N3O3/c22-16-7-4-12-21(16)15-10-8-14(9-11-15)20-18(24)17(23)19-13-5-2-1-3-6-13/h1-3,5-6,8-11H,4,7,12H2,(H,19,23)(H,20,24). The molecular formula is C18H17N3O3. The Hall–Kier alpha value is -3.15. The topological polar surface area (TPSA) is 78.5 Å². The molecule has 122 valence electrons. The maximum Gasteiger partial charge on any atom is 0.314 e. The van der Waals surface area contributed by atoms with E-state index in [-0.39, 0.29) is 5.91 Å². The third-order valence-corrected chi connectivity index (χ3v) is 3.75. The Bertz CT molecular complexity index is 757. The Morgan fingerprint density at radius 2 is 1.42 bits per heavy atom. The zero-order valence-electron chi connectivity index (χ0n) is 13.0. The second-order valence-corrected chi connectivity index (χ2v) is 5.47. The van der Waals surface area contributed by atoms with Gasteiger partial charge in [0.15, 0.2) is 0 Å². The number of amides is 3. The van der Waals surface area contributed by atoms with Gasteiger partial charge in [0.25, 0.3) is 0 Å². The number of carbonyl (C=O) groups is 3. The molecule has 6 heteroatoms. The summed E-state index contributed by atoms with van der Waals surface area (Å²) in [5, 5.41) is 5.06. The average molecular weight is 323 g/mol. The van der Waals surface area contributed by atoms with E-state index in [0.29, 0.717) is 24.3 Å². The third kappa shape index (κ3) is 3.60. The summed E-state index contributed by atoms with van der Waals surface area (Å²) in [6, 6.07) is 15.6. The smallest absolute Gasteiger partial charge is 0.314 e. The molecule has 2 aromatic carbocycles. The SMILES string of the molecule is O=C(Nc1ccccc1)C(=O)Nc1ccc(N2CCCC2=O)cc1. The lowest BCUT2D eigenvalue weighted by Crippen LogP contribution is -2.29. The van der Waals surface area contributed by atoms with Crippen molar-refractivity contribution in [1.29, 1.82) is 0 Å². The second kappa shape index (κ2) is 6.95. The van der Waals surface area contributed by atoms with Gasteiger partial charge in [0.1, 0.15) is 0 Å². The highest BCUT2D eigenvalue weighted by Gasteiger charge is 2.21. The molecule has 0 spiro atoms. The Morgan fingerprint density at radius 3 is 1.96 bits per heavy atom. The summed E-state index contributed by atoms with van der Waals surface area (Å²) < 4.78 is 0. The van der Waals surface area contributed by atoms with Gasteiger partial charge in [0.05, 0.1) is 0 Å². The lowest BCUT2D eigenvalue weighted by Gasteiger charge is -2.16. The highest BCUT2D eigenvalue weighted by Crippen LogP contribution is 2.23. The number of hydrogen-bond acceptors (Lipinski definition) is 3. The molecule has 2 N–H and O–H groups in total. The van der Waals surface area contributed by atoms with Crippen LogP contribution in [-0.2, 0) is 14.4 Å². The first-order chi connectivity index (χ1) is 11.6. The summed E-state index contributed by atoms with van der Waals surface area (Å²) in [5.41, 5.74) is 1.85. The Balaban J connectivity index is 1.60. The van der Waals surface area contributed by atoms with Crippen molar-refractivity contribution in [1.82, 2.24) is 0 Å². The van der Waals surface area contributed by atoms with Crippen LogP contribution in [0.25, 0.3) is 0 Å². The zero-order valence-corrected chi connectivity index (χ0v) is 13.0. The van der Waals surface area contributed by atoms with Gasteiger partial charge in [-0.2, -0.15) is 0 Å². The van der Waals surface area contributed by atoms with E-state index >= 15 is 0 Å². The average Bonchev–Trinajstić information content (AvgIpc) is 3.02. The fourth-order valence-corrected chi connectivity index (χ4v) is 2.54. The van der Waals surface area contributed by atoms with Crippen LogP contribution in [0.1, 0.15) is 12.8 Å². The van der Waals surface area contributed by atoms with Gasteiger partial charge in [-0.25, -0.2) is 0 Å². The highest BCUT2D eigenvalue weighted by molar-refractivity contribution is 6.43. The van der Waals surface area contributed by atoms with E-state index in [1.165, 1.54) is 0 Å². The molecular weight excluding hydrogens is 306 g/mol. The molecule has 3 rings (SSSR count). The summed E-state index contributed by atoms with van der Waals surface area (Å²) in [6.07, 6.45) is 1.43. The van der Waals surface area contributed by atoms with Gasteiger partial charge in [-0.1, -0.05) is 18.2 Å². The van der Waals surface area contributed by atoms with E-state index in [1.807, 2.05) is 6.07 Å². The van der Waals surface area contributed by atoms with E-state index < -0.39 is 11.8 Å². The minimum Gasteiger partial charge on any atom is -0.318 e. The molecule has 1 aliphatic rings. The lowest BCUT2D eigenvalue weighted by atomic mass is 10.2. The third-order valence-electron chi connectivity index (χ3n) is 3.75. The van der Waals surface area contributed by atoms with Crippen molar-refractivity contribution in [2.24, 2.45) is 0 Å². The molecule has 0 saturated carbocycles. The molecule has 0 aromatic heterocycles. The summed E-state index contributed by atoms with van der Waals surface area (Å²) >= 11 is 0. The number of carbonyl (C=O) groups excluding carboxylic acids is 3. The first kappa shape index (κ1) is 15.7.